The number of aromatic amines is 1. The number of likely N-dealkylation sites (tertiary alicyclic amines) is 1. The Morgan fingerprint density at radius 2 is 1.83 bits per heavy atom. The number of thiazole rings is 1. The lowest BCUT2D eigenvalue weighted by atomic mass is 10.0. The average molecular weight is 591 g/mol. The highest BCUT2D eigenvalue weighted by Crippen LogP contribution is 2.26. The second-order valence-corrected chi connectivity index (χ2v) is 11.4. The van der Waals surface area contributed by atoms with Gasteiger partial charge in [-0.25, -0.2) is 9.78 Å². The van der Waals surface area contributed by atoms with Crippen LogP contribution in [0.4, 0.5) is 5.13 Å². The first-order valence-electron chi connectivity index (χ1n) is 13.9. The lowest BCUT2D eigenvalue weighted by Gasteiger charge is -2.32. The van der Waals surface area contributed by atoms with Crippen molar-refractivity contribution in [1.82, 2.24) is 24.3 Å². The zero-order chi connectivity index (χ0) is 29.8. The van der Waals surface area contributed by atoms with E-state index >= 15 is 0 Å². The zero-order valence-electron chi connectivity index (χ0n) is 23.8. The SMILES string of the molecule is COc1ccc(C(=O)N(CC(=O)Nc2nc(CC(=O)N3CCC(n4c(=O)[nH]c5ccccc54)CC3)cs2)C(C)C)cc1. The number of fused-ring (bicyclic) bond motifs is 1. The molecule has 1 saturated heterocycles. The van der Waals surface area contributed by atoms with Crippen LogP contribution in [-0.4, -0.2) is 74.8 Å². The van der Waals surface area contributed by atoms with Crippen LogP contribution in [-0.2, 0) is 16.0 Å². The number of methoxy groups -OCH3 is 1. The van der Waals surface area contributed by atoms with Crippen molar-refractivity contribution >= 4 is 45.2 Å². The van der Waals surface area contributed by atoms with E-state index in [1.807, 2.05) is 38.1 Å². The number of piperidine rings is 1. The summed E-state index contributed by atoms with van der Waals surface area (Å²) in [6, 6.07) is 14.2. The lowest BCUT2D eigenvalue weighted by molar-refractivity contribution is -0.131. The van der Waals surface area contributed by atoms with E-state index in [0.717, 1.165) is 11.0 Å². The number of carbonyl (C=O) groups excluding carboxylic acids is 3. The first kappa shape index (κ1) is 29.1. The molecule has 220 valence electrons. The van der Waals surface area contributed by atoms with E-state index < -0.39 is 0 Å². The van der Waals surface area contributed by atoms with Crippen molar-refractivity contribution in [3.8, 4) is 5.75 Å². The monoisotopic (exact) mass is 590 g/mol. The Labute approximate surface area is 247 Å². The van der Waals surface area contributed by atoms with Crippen LogP contribution in [0, 0.1) is 0 Å². The molecule has 0 unspecified atom stereocenters. The minimum absolute atomic E-state index is 0.0285. The highest BCUT2D eigenvalue weighted by molar-refractivity contribution is 7.13. The molecule has 1 fully saturated rings. The quantitative estimate of drug-likeness (QED) is 0.306. The fraction of sp³-hybridized carbons (Fsp3) is 0.367. The van der Waals surface area contributed by atoms with E-state index in [1.165, 1.54) is 16.2 Å². The van der Waals surface area contributed by atoms with Crippen LogP contribution >= 0.6 is 11.3 Å². The van der Waals surface area contributed by atoms with Crippen LogP contribution in [0.2, 0.25) is 0 Å². The Balaban J connectivity index is 1.13. The molecule has 42 heavy (non-hydrogen) atoms. The van der Waals surface area contributed by atoms with E-state index in [9.17, 15) is 19.2 Å². The van der Waals surface area contributed by atoms with Gasteiger partial charge in [0.25, 0.3) is 5.91 Å². The normalized spacial score (nSPS) is 13.9. The topological polar surface area (TPSA) is 130 Å². The van der Waals surface area contributed by atoms with Crippen molar-refractivity contribution in [3.05, 3.63) is 75.7 Å². The fourth-order valence-electron chi connectivity index (χ4n) is 5.22. The molecule has 1 aliphatic heterocycles. The molecule has 0 bridgehead atoms. The standard InChI is InChI=1S/C30H34N6O5S/c1-19(2)35(28(39)20-8-10-23(41-3)11-9-20)17-26(37)33-29-31-21(18-42-29)16-27(38)34-14-12-22(13-15-34)36-25-7-5-4-6-24(25)32-30(36)40/h4-11,18-19,22H,12-17H2,1-3H3,(H,32,40)(H,31,33,37). The maximum absolute atomic E-state index is 13.0. The molecule has 0 atom stereocenters. The first-order chi connectivity index (χ1) is 20.2. The number of nitrogens with zero attached hydrogens (tertiary/aromatic N) is 4. The number of aromatic nitrogens is 3. The van der Waals surface area contributed by atoms with E-state index in [2.05, 4.69) is 15.3 Å². The molecule has 2 aromatic heterocycles. The maximum atomic E-state index is 13.0. The van der Waals surface area contributed by atoms with E-state index in [0.29, 0.717) is 48.1 Å². The summed E-state index contributed by atoms with van der Waals surface area (Å²) in [5.41, 5.74) is 2.61. The average Bonchev–Trinajstić information content (AvgIpc) is 3.57. The molecule has 1 aliphatic rings. The molecule has 0 spiro atoms. The van der Waals surface area contributed by atoms with Gasteiger partial charge in [-0.1, -0.05) is 12.1 Å². The second-order valence-electron chi connectivity index (χ2n) is 10.6. The Morgan fingerprint density at radius 1 is 1.12 bits per heavy atom. The van der Waals surface area contributed by atoms with Gasteiger partial charge in [0.15, 0.2) is 5.13 Å². The molecular weight excluding hydrogens is 556 g/mol. The second kappa shape index (κ2) is 12.6. The van der Waals surface area contributed by atoms with Crippen molar-refractivity contribution in [1.29, 1.82) is 0 Å². The maximum Gasteiger partial charge on any atom is 0.326 e. The summed E-state index contributed by atoms with van der Waals surface area (Å²) in [6.45, 7) is 4.67. The van der Waals surface area contributed by atoms with Gasteiger partial charge in [-0.2, -0.15) is 0 Å². The smallest absolute Gasteiger partial charge is 0.326 e. The van der Waals surface area contributed by atoms with Crippen LogP contribution in [0.25, 0.3) is 11.0 Å². The molecular formula is C30H34N6O5S. The number of ether oxygens (including phenoxy) is 1. The van der Waals surface area contributed by atoms with E-state index in [-0.39, 0.29) is 48.5 Å². The van der Waals surface area contributed by atoms with E-state index in [4.69, 9.17) is 4.74 Å². The predicted molar refractivity (Wildman–Crippen MR) is 161 cm³/mol. The molecule has 0 aliphatic carbocycles. The molecule has 2 aromatic carbocycles. The van der Waals surface area contributed by atoms with Gasteiger partial charge in [0, 0.05) is 36.1 Å². The molecule has 2 N–H and O–H groups in total. The van der Waals surface area contributed by atoms with Crippen LogP contribution < -0.4 is 15.7 Å². The molecule has 5 rings (SSSR count). The summed E-state index contributed by atoms with van der Waals surface area (Å²) in [7, 11) is 1.56. The summed E-state index contributed by atoms with van der Waals surface area (Å²) < 4.78 is 6.96. The van der Waals surface area contributed by atoms with Gasteiger partial charge in [0.2, 0.25) is 11.8 Å². The minimum atomic E-state index is -0.368. The number of benzene rings is 2. The lowest BCUT2D eigenvalue weighted by Crippen LogP contribution is -2.42. The van der Waals surface area contributed by atoms with Gasteiger partial charge in [0.05, 0.1) is 30.3 Å². The van der Waals surface area contributed by atoms with Crippen LogP contribution in [0.15, 0.2) is 58.7 Å². The van der Waals surface area contributed by atoms with Gasteiger partial charge >= 0.3 is 5.69 Å². The van der Waals surface area contributed by atoms with Crippen molar-refractivity contribution in [2.24, 2.45) is 0 Å². The van der Waals surface area contributed by atoms with Crippen LogP contribution in [0.5, 0.6) is 5.75 Å². The van der Waals surface area contributed by atoms with Gasteiger partial charge < -0.3 is 24.8 Å². The number of rotatable bonds is 9. The Morgan fingerprint density at radius 3 is 2.52 bits per heavy atom. The number of carbonyl (C=O) groups is 3. The number of nitrogens with one attached hydrogen (secondary N) is 2. The number of para-hydroxylation sites is 2. The Kier molecular flexibility index (Phi) is 8.72. The number of hydrogen-bond acceptors (Lipinski definition) is 7. The third kappa shape index (κ3) is 6.38. The summed E-state index contributed by atoms with van der Waals surface area (Å²) in [5, 5.41) is 4.89. The molecule has 3 amide bonds. The fourth-order valence-corrected chi connectivity index (χ4v) is 5.95. The zero-order valence-corrected chi connectivity index (χ0v) is 24.6. The van der Waals surface area contributed by atoms with Crippen molar-refractivity contribution in [2.75, 3.05) is 32.1 Å². The van der Waals surface area contributed by atoms with Crippen molar-refractivity contribution < 1.29 is 19.1 Å². The summed E-state index contributed by atoms with van der Waals surface area (Å²) in [6.07, 6.45) is 1.50. The summed E-state index contributed by atoms with van der Waals surface area (Å²) in [4.78, 5) is 62.1. The van der Waals surface area contributed by atoms with Gasteiger partial charge in [-0.05, 0) is 63.1 Å². The number of amides is 3. The number of hydrogen-bond donors (Lipinski definition) is 2. The number of imidazole rings is 1. The summed E-state index contributed by atoms with van der Waals surface area (Å²) >= 11 is 1.24. The molecule has 0 radical (unpaired) electrons. The molecule has 11 nitrogen and oxygen atoms in total. The summed E-state index contributed by atoms with van der Waals surface area (Å²) in [5.74, 6) is -0.0249. The van der Waals surface area contributed by atoms with Gasteiger partial charge in [0.1, 0.15) is 12.3 Å². The van der Waals surface area contributed by atoms with Crippen LogP contribution in [0.1, 0.15) is 48.8 Å². The first-order valence-corrected chi connectivity index (χ1v) is 14.8. The van der Waals surface area contributed by atoms with Gasteiger partial charge in [-0.3, -0.25) is 19.0 Å². The molecule has 12 heteroatoms. The molecule has 0 saturated carbocycles. The Bertz CT molecular complexity index is 1630. The highest BCUT2D eigenvalue weighted by Gasteiger charge is 2.27. The molecule has 4 aromatic rings. The number of anilines is 1. The van der Waals surface area contributed by atoms with E-state index in [1.54, 1.807) is 46.2 Å². The van der Waals surface area contributed by atoms with Crippen LogP contribution in [0.3, 0.4) is 0 Å². The molecule has 3 heterocycles. The largest absolute Gasteiger partial charge is 0.497 e. The van der Waals surface area contributed by atoms with Crippen molar-refractivity contribution in [3.63, 3.8) is 0 Å². The highest BCUT2D eigenvalue weighted by atomic mass is 32.1. The third-order valence-corrected chi connectivity index (χ3v) is 8.28. The van der Waals surface area contributed by atoms with Crippen molar-refractivity contribution in [2.45, 2.75) is 45.2 Å². The third-order valence-electron chi connectivity index (χ3n) is 7.47. The number of H-pyrrole nitrogens is 1. The predicted octanol–water partition coefficient (Wildman–Crippen LogP) is 3.69. The minimum Gasteiger partial charge on any atom is -0.497 e. The van der Waals surface area contributed by atoms with Gasteiger partial charge in [-0.15, -0.1) is 11.3 Å². The Hall–Kier alpha value is -4.45.